The summed E-state index contributed by atoms with van der Waals surface area (Å²) in [5.41, 5.74) is 2.00. The van der Waals surface area contributed by atoms with Crippen molar-refractivity contribution in [2.75, 3.05) is 13.7 Å². The van der Waals surface area contributed by atoms with Gasteiger partial charge in [0.05, 0.1) is 18.1 Å². The minimum Gasteiger partial charge on any atom is -0.482 e. The van der Waals surface area contributed by atoms with Gasteiger partial charge in [-0.15, -0.1) is 0 Å². The number of aliphatic carboxylic acids is 1. The fraction of sp³-hybridized carbons (Fsp3) is 0.167. The van der Waals surface area contributed by atoms with Crippen LogP contribution in [-0.4, -0.2) is 40.3 Å². The summed E-state index contributed by atoms with van der Waals surface area (Å²) >= 11 is 6.01. The number of esters is 1. The van der Waals surface area contributed by atoms with E-state index in [1.165, 1.54) is 7.11 Å². The van der Waals surface area contributed by atoms with Gasteiger partial charge in [0.25, 0.3) is 0 Å². The van der Waals surface area contributed by atoms with Gasteiger partial charge in [0.15, 0.2) is 6.61 Å². The van der Waals surface area contributed by atoms with Gasteiger partial charge in [0, 0.05) is 10.6 Å². The van der Waals surface area contributed by atoms with Gasteiger partial charge in [-0.05, 0) is 42.5 Å². The van der Waals surface area contributed by atoms with Crippen molar-refractivity contribution >= 4 is 34.6 Å². The Labute approximate surface area is 153 Å². The van der Waals surface area contributed by atoms with E-state index in [1.807, 2.05) is 0 Å². The number of aromatic nitrogens is 2. The molecule has 0 fully saturated rings. The first kappa shape index (κ1) is 17.8. The van der Waals surface area contributed by atoms with Gasteiger partial charge in [-0.25, -0.2) is 9.78 Å². The van der Waals surface area contributed by atoms with Gasteiger partial charge in [-0.2, -0.15) is 0 Å². The first-order chi connectivity index (χ1) is 12.5. The van der Waals surface area contributed by atoms with Crippen molar-refractivity contribution in [3.8, 4) is 17.1 Å². The molecule has 1 aromatic heterocycles. The highest BCUT2D eigenvalue weighted by Gasteiger charge is 2.15. The van der Waals surface area contributed by atoms with E-state index < -0.39 is 11.9 Å². The average molecular weight is 375 g/mol. The van der Waals surface area contributed by atoms with Gasteiger partial charge in [-0.3, -0.25) is 4.79 Å². The Morgan fingerprint density at radius 3 is 2.58 bits per heavy atom. The van der Waals surface area contributed by atoms with Crippen molar-refractivity contribution in [2.24, 2.45) is 0 Å². The first-order valence-electron chi connectivity index (χ1n) is 7.65. The molecule has 0 unspecified atom stereocenters. The largest absolute Gasteiger partial charge is 0.482 e. The Morgan fingerprint density at radius 2 is 1.92 bits per heavy atom. The predicted molar refractivity (Wildman–Crippen MR) is 95.3 cm³/mol. The van der Waals surface area contributed by atoms with E-state index in [0.717, 1.165) is 0 Å². The number of ether oxygens (including phenoxy) is 2. The standard InChI is InChI=1S/C18H15ClN2O5/c1-25-17(24)10-26-13-5-2-11(3-6-13)18-20-14-8-12(19)4-7-15(14)21(18)9-16(22)23/h2-8H,9-10H2,1H3,(H,22,23). The second-order valence-electron chi connectivity index (χ2n) is 5.44. The zero-order valence-corrected chi connectivity index (χ0v) is 14.6. The maximum Gasteiger partial charge on any atom is 0.343 e. The molecular weight excluding hydrogens is 360 g/mol. The molecule has 0 amide bonds. The summed E-state index contributed by atoms with van der Waals surface area (Å²) in [4.78, 5) is 26.9. The first-order valence-corrected chi connectivity index (χ1v) is 8.03. The third-order valence-corrected chi connectivity index (χ3v) is 3.94. The van der Waals surface area contributed by atoms with Crippen LogP contribution in [-0.2, 0) is 20.9 Å². The van der Waals surface area contributed by atoms with E-state index in [0.29, 0.717) is 33.2 Å². The maximum absolute atomic E-state index is 11.3. The molecule has 26 heavy (non-hydrogen) atoms. The highest BCUT2D eigenvalue weighted by atomic mass is 35.5. The molecule has 3 aromatic rings. The molecular formula is C18H15ClN2O5. The number of benzene rings is 2. The monoisotopic (exact) mass is 374 g/mol. The summed E-state index contributed by atoms with van der Waals surface area (Å²) in [5, 5.41) is 9.75. The summed E-state index contributed by atoms with van der Waals surface area (Å²) in [6.07, 6.45) is 0. The molecule has 0 atom stereocenters. The topological polar surface area (TPSA) is 90.7 Å². The van der Waals surface area contributed by atoms with Crippen molar-refractivity contribution in [1.82, 2.24) is 9.55 Å². The predicted octanol–water partition coefficient (Wildman–Crippen LogP) is 2.99. The number of carboxylic acid groups (broad SMARTS) is 1. The molecule has 0 aliphatic rings. The molecule has 1 heterocycles. The number of methoxy groups -OCH3 is 1. The van der Waals surface area contributed by atoms with Crippen LogP contribution in [0.15, 0.2) is 42.5 Å². The fourth-order valence-electron chi connectivity index (χ4n) is 2.52. The number of rotatable bonds is 6. The van der Waals surface area contributed by atoms with Crippen LogP contribution in [0.4, 0.5) is 0 Å². The van der Waals surface area contributed by atoms with Gasteiger partial charge < -0.3 is 19.1 Å². The van der Waals surface area contributed by atoms with E-state index in [9.17, 15) is 14.7 Å². The number of nitrogens with zero attached hydrogens (tertiary/aromatic N) is 2. The lowest BCUT2D eigenvalue weighted by Gasteiger charge is -2.08. The zero-order chi connectivity index (χ0) is 18.7. The lowest BCUT2D eigenvalue weighted by Crippen LogP contribution is -2.12. The highest BCUT2D eigenvalue weighted by molar-refractivity contribution is 6.31. The molecule has 8 heteroatoms. The number of halogens is 1. The van der Waals surface area contributed by atoms with E-state index in [4.69, 9.17) is 16.3 Å². The number of hydrogen-bond acceptors (Lipinski definition) is 5. The highest BCUT2D eigenvalue weighted by Crippen LogP contribution is 2.28. The molecule has 0 spiro atoms. The number of hydrogen-bond donors (Lipinski definition) is 1. The van der Waals surface area contributed by atoms with Crippen LogP contribution in [0.1, 0.15) is 0 Å². The number of fused-ring (bicyclic) bond motifs is 1. The van der Waals surface area contributed by atoms with Crippen LogP contribution >= 0.6 is 11.6 Å². The molecule has 0 bridgehead atoms. The van der Waals surface area contributed by atoms with Gasteiger partial charge >= 0.3 is 11.9 Å². The molecule has 0 saturated heterocycles. The molecule has 0 aliphatic carbocycles. The van der Waals surface area contributed by atoms with Crippen LogP contribution in [0.2, 0.25) is 5.02 Å². The molecule has 1 N–H and O–H groups in total. The quantitative estimate of drug-likeness (QED) is 0.667. The number of carboxylic acids is 1. The average Bonchev–Trinajstić information content (AvgIpc) is 2.97. The minimum atomic E-state index is -0.974. The van der Waals surface area contributed by atoms with Crippen molar-refractivity contribution in [3.05, 3.63) is 47.5 Å². The zero-order valence-electron chi connectivity index (χ0n) is 13.8. The van der Waals surface area contributed by atoms with Crippen molar-refractivity contribution in [2.45, 2.75) is 6.54 Å². The molecule has 7 nitrogen and oxygen atoms in total. The van der Waals surface area contributed by atoms with Crippen LogP contribution in [0.25, 0.3) is 22.4 Å². The second kappa shape index (κ2) is 7.45. The molecule has 0 aliphatic heterocycles. The Morgan fingerprint density at radius 1 is 1.19 bits per heavy atom. The maximum atomic E-state index is 11.3. The molecule has 134 valence electrons. The number of carbonyl (C=O) groups excluding carboxylic acids is 1. The van der Waals surface area contributed by atoms with Crippen LogP contribution in [0.5, 0.6) is 5.75 Å². The van der Waals surface area contributed by atoms with E-state index in [2.05, 4.69) is 9.72 Å². The Bertz CT molecular complexity index is 966. The summed E-state index contributed by atoms with van der Waals surface area (Å²) < 4.78 is 11.4. The summed E-state index contributed by atoms with van der Waals surface area (Å²) in [5.74, 6) is -0.458. The lowest BCUT2D eigenvalue weighted by molar-refractivity contribution is -0.143. The minimum absolute atomic E-state index is 0.189. The Balaban J connectivity index is 1.96. The molecule has 0 saturated carbocycles. The van der Waals surface area contributed by atoms with Gasteiger partial charge in [0.2, 0.25) is 0 Å². The summed E-state index contributed by atoms with van der Waals surface area (Å²) in [7, 11) is 1.29. The van der Waals surface area contributed by atoms with Crippen molar-refractivity contribution in [3.63, 3.8) is 0 Å². The molecule has 0 radical (unpaired) electrons. The number of imidazole rings is 1. The lowest BCUT2D eigenvalue weighted by atomic mass is 10.2. The second-order valence-corrected chi connectivity index (χ2v) is 5.87. The Hall–Kier alpha value is -3.06. The van der Waals surface area contributed by atoms with Gasteiger partial charge in [-0.1, -0.05) is 11.6 Å². The third-order valence-electron chi connectivity index (χ3n) is 3.70. The van der Waals surface area contributed by atoms with Crippen LogP contribution < -0.4 is 4.74 Å². The summed E-state index contributed by atoms with van der Waals surface area (Å²) in [6.45, 7) is -0.417. The third kappa shape index (κ3) is 3.78. The fourth-order valence-corrected chi connectivity index (χ4v) is 2.69. The van der Waals surface area contributed by atoms with E-state index >= 15 is 0 Å². The normalized spacial score (nSPS) is 10.7. The SMILES string of the molecule is COC(=O)COc1ccc(-c2nc3cc(Cl)ccc3n2CC(=O)O)cc1. The van der Waals surface area contributed by atoms with Crippen LogP contribution in [0.3, 0.4) is 0 Å². The van der Waals surface area contributed by atoms with Gasteiger partial charge in [0.1, 0.15) is 18.1 Å². The van der Waals surface area contributed by atoms with Crippen molar-refractivity contribution in [1.29, 1.82) is 0 Å². The van der Waals surface area contributed by atoms with Crippen molar-refractivity contribution < 1.29 is 24.2 Å². The van der Waals surface area contributed by atoms with E-state index in [-0.39, 0.29) is 13.2 Å². The molecule has 3 rings (SSSR count). The van der Waals surface area contributed by atoms with E-state index in [1.54, 1.807) is 47.0 Å². The summed E-state index contributed by atoms with van der Waals surface area (Å²) in [6, 6.07) is 12.0. The molecule has 2 aromatic carbocycles. The van der Waals surface area contributed by atoms with Crippen LogP contribution in [0, 0.1) is 0 Å². The Kier molecular flexibility index (Phi) is 5.09. The smallest absolute Gasteiger partial charge is 0.343 e. The number of carbonyl (C=O) groups is 2.